The van der Waals surface area contributed by atoms with Crippen LogP contribution in [0.5, 0.6) is 0 Å². The molecule has 2 fully saturated rings. The topological polar surface area (TPSA) is 64.7 Å². The summed E-state index contributed by atoms with van der Waals surface area (Å²) >= 11 is 0. The molecule has 8 heteroatoms. The first-order chi connectivity index (χ1) is 12.2. The Bertz CT molecular complexity index is 574. The van der Waals surface area contributed by atoms with Crippen molar-refractivity contribution < 1.29 is 9.59 Å². The van der Waals surface area contributed by atoms with E-state index in [-0.39, 0.29) is 36.6 Å². The van der Waals surface area contributed by atoms with Crippen molar-refractivity contribution in [2.24, 2.45) is 0 Å². The van der Waals surface area contributed by atoms with Gasteiger partial charge in [0.15, 0.2) is 0 Å². The van der Waals surface area contributed by atoms with Gasteiger partial charge in [0.25, 0.3) is 0 Å². The lowest BCUT2D eigenvalue weighted by atomic mass is 10.1. The maximum absolute atomic E-state index is 12.3. The fourth-order valence-corrected chi connectivity index (χ4v) is 3.55. The van der Waals surface area contributed by atoms with Gasteiger partial charge in [-0.25, -0.2) is 0 Å². The van der Waals surface area contributed by atoms with Gasteiger partial charge in [-0.15, -0.1) is 24.8 Å². The lowest BCUT2D eigenvalue weighted by Crippen LogP contribution is -2.49. The maximum Gasteiger partial charge on any atom is 0.224 e. The van der Waals surface area contributed by atoms with Gasteiger partial charge in [0.2, 0.25) is 11.8 Å². The number of hydrogen-bond donors (Lipinski definition) is 2. The molecule has 0 radical (unpaired) electrons. The molecule has 2 amide bonds. The quantitative estimate of drug-likeness (QED) is 0.742. The highest BCUT2D eigenvalue weighted by molar-refractivity contribution is 5.85. The highest BCUT2D eigenvalue weighted by Gasteiger charge is 2.21. The monoisotopic (exact) mass is 416 g/mol. The van der Waals surface area contributed by atoms with Crippen molar-refractivity contribution in [3.05, 3.63) is 30.3 Å². The van der Waals surface area contributed by atoms with E-state index < -0.39 is 0 Å². The average Bonchev–Trinajstić information content (AvgIpc) is 3.15. The van der Waals surface area contributed by atoms with Crippen LogP contribution in [0.2, 0.25) is 0 Å². The number of nitrogens with one attached hydrogen (secondary N) is 2. The van der Waals surface area contributed by atoms with Gasteiger partial charge in [0.05, 0.1) is 0 Å². The van der Waals surface area contributed by atoms with Crippen LogP contribution in [0.4, 0.5) is 5.69 Å². The van der Waals surface area contributed by atoms with E-state index in [9.17, 15) is 9.59 Å². The van der Waals surface area contributed by atoms with Crippen LogP contribution in [0.25, 0.3) is 0 Å². The maximum atomic E-state index is 12.3. The molecule has 3 rings (SSSR count). The first-order valence-electron chi connectivity index (χ1n) is 9.30. The third kappa shape index (κ3) is 7.20. The lowest BCUT2D eigenvalue weighted by molar-refractivity contribution is -0.131. The number of piperazine rings is 1. The zero-order valence-electron chi connectivity index (χ0n) is 15.6. The SMILES string of the molecule is Cl.Cl.O=C(CC1CCCN1)NCCC(=O)N1CCN(c2ccccc2)CC1. The predicted molar refractivity (Wildman–Crippen MR) is 113 cm³/mol. The summed E-state index contributed by atoms with van der Waals surface area (Å²) in [4.78, 5) is 28.4. The Morgan fingerprint density at radius 2 is 1.78 bits per heavy atom. The van der Waals surface area contributed by atoms with E-state index in [2.05, 4.69) is 27.7 Å². The minimum absolute atomic E-state index is 0. The van der Waals surface area contributed by atoms with Crippen molar-refractivity contribution in [3.8, 4) is 0 Å². The summed E-state index contributed by atoms with van der Waals surface area (Å²) < 4.78 is 0. The van der Waals surface area contributed by atoms with Crippen LogP contribution in [0.1, 0.15) is 25.7 Å². The predicted octanol–water partition coefficient (Wildman–Crippen LogP) is 1.83. The number of amides is 2. The molecular formula is C19H30Cl2N4O2. The highest BCUT2D eigenvalue weighted by Crippen LogP contribution is 2.15. The second kappa shape index (κ2) is 12.1. The van der Waals surface area contributed by atoms with Crippen LogP contribution in [-0.2, 0) is 9.59 Å². The number of rotatable bonds is 6. The van der Waals surface area contributed by atoms with Crippen molar-refractivity contribution in [2.75, 3.05) is 44.2 Å². The van der Waals surface area contributed by atoms with Crippen LogP contribution in [0.15, 0.2) is 30.3 Å². The van der Waals surface area contributed by atoms with Gasteiger partial charge < -0.3 is 20.4 Å². The van der Waals surface area contributed by atoms with E-state index in [1.54, 1.807) is 0 Å². The van der Waals surface area contributed by atoms with E-state index in [1.807, 2.05) is 23.1 Å². The minimum Gasteiger partial charge on any atom is -0.368 e. The standard InChI is InChI=1S/C19H28N4O2.2ClH/c24-18(15-16-5-4-9-20-16)21-10-8-19(25)23-13-11-22(12-14-23)17-6-2-1-3-7-17;;/h1-3,6-7,16,20H,4-5,8-15H2,(H,21,24);2*1H. The van der Waals surface area contributed by atoms with Gasteiger partial charge in [0, 0.05) is 57.3 Å². The Morgan fingerprint density at radius 1 is 1.07 bits per heavy atom. The van der Waals surface area contributed by atoms with Gasteiger partial charge >= 0.3 is 0 Å². The minimum atomic E-state index is 0. The Labute approximate surface area is 173 Å². The summed E-state index contributed by atoms with van der Waals surface area (Å²) in [5.74, 6) is 0.174. The summed E-state index contributed by atoms with van der Waals surface area (Å²) in [6.45, 7) is 4.64. The van der Waals surface area contributed by atoms with E-state index in [0.29, 0.717) is 25.4 Å². The second-order valence-electron chi connectivity index (χ2n) is 6.80. The Kier molecular flexibility index (Phi) is 10.5. The number of halogens is 2. The summed E-state index contributed by atoms with van der Waals surface area (Å²) in [7, 11) is 0. The van der Waals surface area contributed by atoms with E-state index in [1.165, 1.54) is 5.69 Å². The third-order valence-corrected chi connectivity index (χ3v) is 5.01. The zero-order chi connectivity index (χ0) is 17.5. The molecule has 2 aliphatic rings. The molecule has 27 heavy (non-hydrogen) atoms. The molecule has 1 aromatic carbocycles. The van der Waals surface area contributed by atoms with E-state index in [0.717, 1.165) is 45.6 Å². The molecule has 2 aliphatic heterocycles. The van der Waals surface area contributed by atoms with Crippen LogP contribution >= 0.6 is 24.8 Å². The lowest BCUT2D eigenvalue weighted by Gasteiger charge is -2.36. The first kappa shape index (κ1) is 23.5. The van der Waals surface area contributed by atoms with Gasteiger partial charge in [-0.05, 0) is 31.5 Å². The summed E-state index contributed by atoms with van der Waals surface area (Å²) in [5.41, 5.74) is 1.21. The fraction of sp³-hybridized carbons (Fsp3) is 0.579. The average molecular weight is 417 g/mol. The molecule has 2 saturated heterocycles. The molecule has 1 aromatic rings. The molecule has 0 saturated carbocycles. The number of carbonyl (C=O) groups excluding carboxylic acids is 2. The normalized spacial score (nSPS) is 19.0. The van der Waals surface area contributed by atoms with Gasteiger partial charge in [0.1, 0.15) is 0 Å². The molecule has 152 valence electrons. The second-order valence-corrected chi connectivity index (χ2v) is 6.80. The molecule has 2 heterocycles. The molecule has 0 aliphatic carbocycles. The largest absolute Gasteiger partial charge is 0.368 e. The van der Waals surface area contributed by atoms with Crippen molar-refractivity contribution in [1.82, 2.24) is 15.5 Å². The number of anilines is 1. The van der Waals surface area contributed by atoms with E-state index >= 15 is 0 Å². The molecule has 1 unspecified atom stereocenters. The Morgan fingerprint density at radius 3 is 2.41 bits per heavy atom. The van der Waals surface area contributed by atoms with Crippen LogP contribution < -0.4 is 15.5 Å². The number of carbonyl (C=O) groups is 2. The van der Waals surface area contributed by atoms with Crippen molar-refractivity contribution in [2.45, 2.75) is 31.7 Å². The van der Waals surface area contributed by atoms with Crippen molar-refractivity contribution in [3.63, 3.8) is 0 Å². The molecular weight excluding hydrogens is 387 g/mol. The molecule has 0 aromatic heterocycles. The number of para-hydroxylation sites is 1. The highest BCUT2D eigenvalue weighted by atomic mass is 35.5. The van der Waals surface area contributed by atoms with Crippen LogP contribution in [0, 0.1) is 0 Å². The third-order valence-electron chi connectivity index (χ3n) is 5.01. The Hall–Kier alpha value is -1.50. The van der Waals surface area contributed by atoms with E-state index in [4.69, 9.17) is 0 Å². The number of nitrogens with zero attached hydrogens (tertiary/aromatic N) is 2. The van der Waals surface area contributed by atoms with Gasteiger partial charge in [-0.2, -0.15) is 0 Å². The van der Waals surface area contributed by atoms with Crippen LogP contribution in [-0.4, -0.2) is 62.0 Å². The summed E-state index contributed by atoms with van der Waals surface area (Å²) in [6.07, 6.45) is 3.11. The molecule has 1 atom stereocenters. The van der Waals surface area contributed by atoms with Gasteiger partial charge in [-0.1, -0.05) is 18.2 Å². The molecule has 0 bridgehead atoms. The summed E-state index contributed by atoms with van der Waals surface area (Å²) in [5, 5.41) is 6.19. The Balaban J connectivity index is 0.00000182. The smallest absolute Gasteiger partial charge is 0.224 e. The molecule has 0 spiro atoms. The zero-order valence-corrected chi connectivity index (χ0v) is 17.2. The summed E-state index contributed by atoms with van der Waals surface area (Å²) in [6, 6.07) is 10.6. The van der Waals surface area contributed by atoms with Crippen molar-refractivity contribution in [1.29, 1.82) is 0 Å². The van der Waals surface area contributed by atoms with Crippen LogP contribution in [0.3, 0.4) is 0 Å². The first-order valence-corrected chi connectivity index (χ1v) is 9.30. The van der Waals surface area contributed by atoms with Gasteiger partial charge in [-0.3, -0.25) is 9.59 Å². The number of benzene rings is 1. The fourth-order valence-electron chi connectivity index (χ4n) is 3.55. The van der Waals surface area contributed by atoms with Crippen molar-refractivity contribution >= 4 is 42.3 Å². The molecule has 6 nitrogen and oxygen atoms in total. The number of hydrogen-bond acceptors (Lipinski definition) is 4. The molecule has 2 N–H and O–H groups in total.